The highest BCUT2D eigenvalue weighted by Crippen LogP contribution is 2.34. The van der Waals surface area contributed by atoms with Crippen LogP contribution in [-0.2, 0) is 11.3 Å². The SMILES string of the molecule is CCN(C)C(=O)C(O)C#Cc1ccc2c(c1)-c1nc(C(N)=O)c(C(=O)NC(C)C)n1CCO2. The minimum Gasteiger partial charge on any atom is -0.491 e. The second-order valence-electron chi connectivity index (χ2n) is 7.86. The summed E-state index contributed by atoms with van der Waals surface area (Å²) in [4.78, 5) is 42.7. The first kappa shape index (κ1) is 23.8. The van der Waals surface area contributed by atoms with E-state index in [4.69, 9.17) is 10.5 Å². The van der Waals surface area contributed by atoms with Crippen molar-refractivity contribution in [2.75, 3.05) is 20.2 Å². The van der Waals surface area contributed by atoms with Gasteiger partial charge in [-0.3, -0.25) is 14.4 Å². The molecular formula is C23H27N5O5. The Kier molecular flexibility index (Phi) is 7.04. The lowest BCUT2D eigenvalue weighted by Crippen LogP contribution is -2.35. The molecule has 10 heteroatoms. The number of likely N-dealkylation sites (N-methyl/N-ethyl adjacent to an activating group) is 1. The minimum atomic E-state index is -1.46. The summed E-state index contributed by atoms with van der Waals surface area (Å²) in [6.45, 7) is 6.39. The van der Waals surface area contributed by atoms with Crippen LogP contribution in [0.1, 0.15) is 47.3 Å². The highest BCUT2D eigenvalue weighted by atomic mass is 16.5. The van der Waals surface area contributed by atoms with E-state index in [1.165, 1.54) is 4.90 Å². The number of aromatic nitrogens is 2. The second kappa shape index (κ2) is 9.75. The van der Waals surface area contributed by atoms with Gasteiger partial charge in [-0.25, -0.2) is 4.98 Å². The number of nitrogens with zero attached hydrogens (tertiary/aromatic N) is 3. The van der Waals surface area contributed by atoms with Gasteiger partial charge in [0.1, 0.15) is 23.9 Å². The first-order valence-corrected chi connectivity index (χ1v) is 10.6. The predicted octanol–water partition coefficient (Wildman–Crippen LogP) is 0.370. The molecule has 0 bridgehead atoms. The van der Waals surface area contributed by atoms with Gasteiger partial charge in [-0.2, -0.15) is 0 Å². The Balaban J connectivity index is 2.07. The van der Waals surface area contributed by atoms with E-state index in [-0.39, 0.29) is 30.6 Å². The third-order valence-electron chi connectivity index (χ3n) is 5.07. The number of hydrogen-bond donors (Lipinski definition) is 3. The molecule has 3 amide bonds. The Morgan fingerprint density at radius 2 is 2.09 bits per heavy atom. The average Bonchev–Trinajstić information content (AvgIpc) is 3.07. The van der Waals surface area contributed by atoms with Gasteiger partial charge in [-0.1, -0.05) is 11.8 Å². The molecule has 33 heavy (non-hydrogen) atoms. The number of carbonyl (C=O) groups excluding carboxylic acids is 3. The largest absolute Gasteiger partial charge is 0.491 e. The van der Waals surface area contributed by atoms with E-state index in [2.05, 4.69) is 22.1 Å². The summed E-state index contributed by atoms with van der Waals surface area (Å²) in [7, 11) is 1.58. The number of aliphatic hydroxyl groups excluding tert-OH is 1. The number of rotatable bonds is 5. The number of aliphatic hydroxyl groups is 1. The van der Waals surface area contributed by atoms with Gasteiger partial charge >= 0.3 is 0 Å². The molecule has 4 N–H and O–H groups in total. The normalized spacial score (nSPS) is 12.9. The Morgan fingerprint density at radius 3 is 2.73 bits per heavy atom. The van der Waals surface area contributed by atoms with Crippen LogP contribution < -0.4 is 15.8 Å². The monoisotopic (exact) mass is 453 g/mol. The molecule has 0 saturated carbocycles. The molecule has 0 fully saturated rings. The number of ether oxygens (including phenoxy) is 1. The first-order chi connectivity index (χ1) is 15.6. The van der Waals surface area contributed by atoms with Gasteiger partial charge in [0.25, 0.3) is 17.7 Å². The van der Waals surface area contributed by atoms with E-state index in [0.717, 1.165) is 0 Å². The van der Waals surface area contributed by atoms with Crippen LogP contribution in [0.25, 0.3) is 11.4 Å². The van der Waals surface area contributed by atoms with Gasteiger partial charge in [0.2, 0.25) is 0 Å². The molecule has 1 aliphatic heterocycles. The van der Waals surface area contributed by atoms with Gasteiger partial charge in [0.05, 0.1) is 12.1 Å². The van der Waals surface area contributed by atoms with Crippen molar-refractivity contribution < 1.29 is 24.2 Å². The van der Waals surface area contributed by atoms with Crippen LogP contribution in [0, 0.1) is 11.8 Å². The van der Waals surface area contributed by atoms with Crippen LogP contribution in [0.4, 0.5) is 0 Å². The third-order valence-corrected chi connectivity index (χ3v) is 5.07. The summed E-state index contributed by atoms with van der Waals surface area (Å²) >= 11 is 0. The van der Waals surface area contributed by atoms with E-state index in [0.29, 0.717) is 29.2 Å². The highest BCUT2D eigenvalue weighted by Gasteiger charge is 2.29. The number of nitrogens with two attached hydrogens (primary N) is 1. The third kappa shape index (κ3) is 4.99. The van der Waals surface area contributed by atoms with E-state index >= 15 is 0 Å². The Hall–Kier alpha value is -3.84. The van der Waals surface area contributed by atoms with E-state index < -0.39 is 23.8 Å². The molecule has 1 aromatic carbocycles. The van der Waals surface area contributed by atoms with Crippen molar-refractivity contribution in [3.05, 3.63) is 35.2 Å². The lowest BCUT2D eigenvalue weighted by atomic mass is 10.1. The summed E-state index contributed by atoms with van der Waals surface area (Å²) in [5, 5.41) is 12.8. The first-order valence-electron chi connectivity index (χ1n) is 10.6. The van der Waals surface area contributed by atoms with Crippen LogP contribution >= 0.6 is 0 Å². The van der Waals surface area contributed by atoms with E-state index in [1.807, 2.05) is 13.8 Å². The van der Waals surface area contributed by atoms with Crippen molar-refractivity contribution in [1.29, 1.82) is 0 Å². The summed E-state index contributed by atoms with van der Waals surface area (Å²) in [6, 6.07) is 4.89. The molecule has 0 spiro atoms. The van der Waals surface area contributed by atoms with Crippen molar-refractivity contribution in [3.8, 4) is 29.0 Å². The number of amides is 3. The fraction of sp³-hybridized carbons (Fsp3) is 0.391. The number of primary amides is 1. The van der Waals surface area contributed by atoms with Crippen molar-refractivity contribution in [1.82, 2.24) is 19.8 Å². The number of fused-ring (bicyclic) bond motifs is 3. The van der Waals surface area contributed by atoms with Gasteiger partial charge in [0.15, 0.2) is 11.8 Å². The van der Waals surface area contributed by atoms with Gasteiger partial charge < -0.3 is 30.4 Å². The average molecular weight is 453 g/mol. The topological polar surface area (TPSA) is 140 Å². The number of imidazole rings is 1. The summed E-state index contributed by atoms with van der Waals surface area (Å²) in [5.74, 6) is 4.40. The molecule has 0 saturated heterocycles. The molecule has 174 valence electrons. The van der Waals surface area contributed by atoms with Crippen molar-refractivity contribution >= 4 is 17.7 Å². The van der Waals surface area contributed by atoms with E-state index in [1.54, 1.807) is 36.7 Å². The molecule has 1 unspecified atom stereocenters. The van der Waals surface area contributed by atoms with Crippen LogP contribution in [-0.4, -0.2) is 69.6 Å². The van der Waals surface area contributed by atoms with Gasteiger partial charge in [-0.15, -0.1) is 0 Å². The van der Waals surface area contributed by atoms with Gasteiger partial charge in [0, 0.05) is 25.2 Å². The molecule has 10 nitrogen and oxygen atoms in total. The maximum absolute atomic E-state index is 12.8. The Labute approximate surface area is 191 Å². The lowest BCUT2D eigenvalue weighted by molar-refractivity contribution is -0.135. The zero-order valence-corrected chi connectivity index (χ0v) is 19.0. The van der Waals surface area contributed by atoms with Crippen LogP contribution in [0.5, 0.6) is 5.75 Å². The zero-order chi connectivity index (χ0) is 24.3. The number of benzene rings is 1. The van der Waals surface area contributed by atoms with Crippen LogP contribution in [0.3, 0.4) is 0 Å². The Bertz CT molecular complexity index is 1160. The van der Waals surface area contributed by atoms with Crippen LogP contribution in [0.15, 0.2) is 18.2 Å². The molecule has 3 rings (SSSR count). The fourth-order valence-corrected chi connectivity index (χ4v) is 3.34. The number of hydrogen-bond acceptors (Lipinski definition) is 6. The Morgan fingerprint density at radius 1 is 1.36 bits per heavy atom. The second-order valence-corrected chi connectivity index (χ2v) is 7.86. The fourth-order valence-electron chi connectivity index (χ4n) is 3.34. The maximum atomic E-state index is 12.8. The quantitative estimate of drug-likeness (QED) is 0.559. The van der Waals surface area contributed by atoms with Crippen molar-refractivity contribution in [3.63, 3.8) is 0 Å². The molecular weight excluding hydrogens is 426 g/mol. The summed E-state index contributed by atoms with van der Waals surface area (Å²) in [6.07, 6.45) is -1.46. The predicted molar refractivity (Wildman–Crippen MR) is 120 cm³/mol. The summed E-state index contributed by atoms with van der Waals surface area (Å²) < 4.78 is 7.41. The molecule has 1 atom stereocenters. The molecule has 0 aliphatic carbocycles. The van der Waals surface area contributed by atoms with E-state index in [9.17, 15) is 19.5 Å². The minimum absolute atomic E-state index is 0.0720. The standard InChI is InChI=1S/C23H27N5O5/c1-5-27(4)23(32)16(29)8-6-14-7-9-17-15(12-14)21-26-18(20(24)30)19(22(31)25-13(2)3)28(21)10-11-33-17/h7,9,12-13,16,29H,5,10-11H2,1-4H3,(H2,24,30)(H,25,31). The lowest BCUT2D eigenvalue weighted by Gasteiger charge is -2.15. The molecule has 0 radical (unpaired) electrons. The molecule has 2 aromatic rings. The maximum Gasteiger partial charge on any atom is 0.270 e. The molecule has 1 aliphatic rings. The van der Waals surface area contributed by atoms with Crippen LogP contribution in [0.2, 0.25) is 0 Å². The zero-order valence-electron chi connectivity index (χ0n) is 19.0. The number of nitrogens with one attached hydrogen (secondary N) is 1. The van der Waals surface area contributed by atoms with Crippen molar-refractivity contribution in [2.24, 2.45) is 5.73 Å². The summed E-state index contributed by atoms with van der Waals surface area (Å²) in [5.41, 5.74) is 6.47. The molecule has 1 aromatic heterocycles. The van der Waals surface area contributed by atoms with Gasteiger partial charge in [-0.05, 0) is 39.0 Å². The number of carbonyl (C=O) groups is 3. The van der Waals surface area contributed by atoms with Crippen molar-refractivity contribution in [2.45, 2.75) is 39.5 Å². The smallest absolute Gasteiger partial charge is 0.270 e. The molecule has 2 heterocycles. The highest BCUT2D eigenvalue weighted by molar-refractivity contribution is 6.05.